The van der Waals surface area contributed by atoms with Crippen molar-refractivity contribution in [3.8, 4) is 5.88 Å². The number of rotatable bonds is 8. The fraction of sp³-hybridized carbons (Fsp3) is 0.593. The molecular weight excluding hydrogens is 497 g/mol. The maximum atomic E-state index is 12.9. The monoisotopic (exact) mass is 534 g/mol. The fourth-order valence-electron chi connectivity index (χ4n) is 5.24. The zero-order valence-corrected chi connectivity index (χ0v) is 22.4. The summed E-state index contributed by atoms with van der Waals surface area (Å²) in [6.07, 6.45) is 3.98. The van der Waals surface area contributed by atoms with Crippen LogP contribution in [0.15, 0.2) is 24.4 Å². The number of carbonyl (C=O) groups is 1. The first-order chi connectivity index (χ1) is 18.1. The molecule has 38 heavy (non-hydrogen) atoms. The molecular formula is C27H37F3N6O2. The Morgan fingerprint density at radius 1 is 1.18 bits per heavy atom. The summed E-state index contributed by atoms with van der Waals surface area (Å²) in [5, 5.41) is 6.36. The molecule has 0 bridgehead atoms. The van der Waals surface area contributed by atoms with Gasteiger partial charge in [0, 0.05) is 68.7 Å². The van der Waals surface area contributed by atoms with Gasteiger partial charge in [-0.05, 0) is 57.6 Å². The zero-order valence-electron chi connectivity index (χ0n) is 22.4. The molecule has 4 rings (SSSR count). The number of fused-ring (bicyclic) bond motifs is 1. The topological polar surface area (TPSA) is 75.5 Å². The van der Waals surface area contributed by atoms with Gasteiger partial charge < -0.3 is 9.64 Å². The van der Waals surface area contributed by atoms with E-state index in [4.69, 9.17) is 4.74 Å². The third-order valence-corrected chi connectivity index (χ3v) is 7.35. The van der Waals surface area contributed by atoms with Gasteiger partial charge in [-0.2, -0.15) is 18.3 Å². The number of amides is 1. The zero-order chi connectivity index (χ0) is 27.3. The number of pyridine rings is 1. The minimum Gasteiger partial charge on any atom is -0.468 e. The maximum absolute atomic E-state index is 12.9. The van der Waals surface area contributed by atoms with Gasteiger partial charge in [0.05, 0.1) is 5.69 Å². The molecule has 0 saturated carbocycles. The molecule has 0 atom stereocenters. The number of piperidine rings is 1. The molecule has 208 valence electrons. The van der Waals surface area contributed by atoms with Gasteiger partial charge in [0.2, 0.25) is 5.88 Å². The van der Waals surface area contributed by atoms with E-state index in [1.807, 2.05) is 44.2 Å². The van der Waals surface area contributed by atoms with E-state index in [9.17, 15) is 18.0 Å². The number of aromatic nitrogens is 3. The highest BCUT2D eigenvalue weighted by Gasteiger charge is 2.29. The number of carbonyl (C=O) groups excluding carboxylic acids is 1. The molecule has 1 saturated heterocycles. The van der Waals surface area contributed by atoms with Crippen molar-refractivity contribution in [2.24, 2.45) is 13.0 Å². The number of hydrazine groups is 1. The molecule has 0 aromatic carbocycles. The van der Waals surface area contributed by atoms with E-state index in [1.54, 1.807) is 4.68 Å². The maximum Gasteiger partial charge on any atom is 0.422 e. The SMILES string of the molecule is C/C=C(/C(=O)NN1CCC(CCN2CCc3ccc(OCC(F)(F)F)nc3CC2)CC1)c1cn(C)nc1C. The summed E-state index contributed by atoms with van der Waals surface area (Å²) in [6.45, 7) is 6.79. The van der Waals surface area contributed by atoms with Crippen LogP contribution in [-0.2, 0) is 24.7 Å². The van der Waals surface area contributed by atoms with E-state index >= 15 is 0 Å². The lowest BCUT2D eigenvalue weighted by Crippen LogP contribution is -2.47. The van der Waals surface area contributed by atoms with E-state index in [-0.39, 0.29) is 11.8 Å². The summed E-state index contributed by atoms with van der Waals surface area (Å²) in [5.74, 6) is 0.522. The normalized spacial score (nSPS) is 18.2. The number of alkyl halides is 3. The summed E-state index contributed by atoms with van der Waals surface area (Å²) in [6, 6.07) is 3.38. The lowest BCUT2D eigenvalue weighted by Gasteiger charge is -2.33. The predicted octanol–water partition coefficient (Wildman–Crippen LogP) is 3.70. The van der Waals surface area contributed by atoms with E-state index < -0.39 is 12.8 Å². The Hall–Kier alpha value is -2.92. The second-order valence-corrected chi connectivity index (χ2v) is 10.2. The van der Waals surface area contributed by atoms with Gasteiger partial charge in [0.15, 0.2) is 6.61 Å². The summed E-state index contributed by atoms with van der Waals surface area (Å²) >= 11 is 0. The van der Waals surface area contributed by atoms with Crippen LogP contribution in [0.5, 0.6) is 5.88 Å². The van der Waals surface area contributed by atoms with Crippen molar-refractivity contribution >= 4 is 11.5 Å². The van der Waals surface area contributed by atoms with Gasteiger partial charge in [-0.15, -0.1) is 0 Å². The van der Waals surface area contributed by atoms with Crippen LogP contribution in [0.2, 0.25) is 0 Å². The highest BCUT2D eigenvalue weighted by molar-refractivity contribution is 6.19. The van der Waals surface area contributed by atoms with Crippen LogP contribution in [0.3, 0.4) is 0 Å². The molecule has 0 spiro atoms. The largest absolute Gasteiger partial charge is 0.468 e. The lowest BCUT2D eigenvalue weighted by molar-refractivity contribution is -0.154. The second-order valence-electron chi connectivity index (χ2n) is 10.2. The molecule has 2 aromatic rings. The molecule has 2 aromatic heterocycles. The van der Waals surface area contributed by atoms with Crippen molar-refractivity contribution in [1.29, 1.82) is 0 Å². The average Bonchev–Trinajstić information content (AvgIpc) is 3.07. The average molecular weight is 535 g/mol. The van der Waals surface area contributed by atoms with Gasteiger partial charge >= 0.3 is 6.18 Å². The lowest BCUT2D eigenvalue weighted by atomic mass is 9.94. The minimum absolute atomic E-state index is 0.0329. The first-order valence-electron chi connectivity index (χ1n) is 13.2. The summed E-state index contributed by atoms with van der Waals surface area (Å²) < 4.78 is 43.9. The number of nitrogens with one attached hydrogen (secondary N) is 1. The summed E-state index contributed by atoms with van der Waals surface area (Å²) in [5.41, 5.74) is 7.30. The van der Waals surface area contributed by atoms with Crippen LogP contribution >= 0.6 is 0 Å². The molecule has 2 aliphatic rings. The Kier molecular flexibility index (Phi) is 9.09. The molecule has 8 nitrogen and oxygen atoms in total. The van der Waals surface area contributed by atoms with Gasteiger partial charge in [-0.25, -0.2) is 9.99 Å². The molecule has 2 aliphatic heterocycles. The van der Waals surface area contributed by atoms with E-state index in [1.165, 1.54) is 6.07 Å². The molecule has 1 N–H and O–H groups in total. The van der Waals surface area contributed by atoms with Crippen LogP contribution < -0.4 is 10.2 Å². The van der Waals surface area contributed by atoms with Crippen LogP contribution in [0.25, 0.3) is 5.57 Å². The van der Waals surface area contributed by atoms with E-state index in [2.05, 4.69) is 20.4 Å². The number of allylic oxidation sites excluding steroid dienone is 1. The number of halogens is 3. The number of ether oxygens (including phenoxy) is 1. The standard InChI is InChI=1S/C27H37F3N6O2/c1-4-22(23-17-34(3)32-19(23)2)26(37)33-36-15-8-20(9-16-36)7-12-35-13-10-21-5-6-25(31-24(21)11-14-35)38-18-27(28,29)30/h4-6,17,20H,7-16,18H2,1-3H3,(H,33,37)/b22-4+. The van der Waals surface area contributed by atoms with Crippen molar-refractivity contribution in [2.45, 2.75) is 52.1 Å². The van der Waals surface area contributed by atoms with Crippen molar-refractivity contribution < 1.29 is 22.7 Å². The van der Waals surface area contributed by atoms with Crippen molar-refractivity contribution in [1.82, 2.24) is 30.1 Å². The first-order valence-corrected chi connectivity index (χ1v) is 13.2. The Morgan fingerprint density at radius 3 is 2.58 bits per heavy atom. The molecule has 1 fully saturated rings. The Labute approximate surface area is 221 Å². The quantitative estimate of drug-likeness (QED) is 0.521. The number of hydrogen-bond donors (Lipinski definition) is 1. The van der Waals surface area contributed by atoms with E-state index in [0.29, 0.717) is 17.9 Å². The smallest absolute Gasteiger partial charge is 0.422 e. The molecule has 0 aliphatic carbocycles. The van der Waals surface area contributed by atoms with E-state index in [0.717, 1.165) is 80.9 Å². The molecule has 11 heteroatoms. The third kappa shape index (κ3) is 7.57. The molecule has 1 amide bonds. The first kappa shape index (κ1) is 28.1. The third-order valence-electron chi connectivity index (χ3n) is 7.35. The van der Waals surface area contributed by atoms with Crippen LogP contribution in [0, 0.1) is 12.8 Å². The Bertz CT molecular complexity index is 1140. The molecule has 0 radical (unpaired) electrons. The second kappa shape index (κ2) is 12.3. The number of nitrogens with zero attached hydrogens (tertiary/aromatic N) is 5. The summed E-state index contributed by atoms with van der Waals surface area (Å²) in [4.78, 5) is 19.7. The Balaban J connectivity index is 1.20. The van der Waals surface area contributed by atoms with Crippen molar-refractivity contribution in [3.63, 3.8) is 0 Å². The van der Waals surface area contributed by atoms with Crippen LogP contribution in [0.1, 0.15) is 48.7 Å². The van der Waals surface area contributed by atoms with Gasteiger partial charge in [0.25, 0.3) is 5.91 Å². The van der Waals surface area contributed by atoms with Gasteiger partial charge in [0.1, 0.15) is 0 Å². The minimum atomic E-state index is -4.37. The number of aryl methyl sites for hydroxylation is 2. The highest BCUT2D eigenvalue weighted by atomic mass is 19.4. The summed E-state index contributed by atoms with van der Waals surface area (Å²) in [7, 11) is 1.85. The van der Waals surface area contributed by atoms with Crippen LogP contribution in [0.4, 0.5) is 13.2 Å². The van der Waals surface area contributed by atoms with Crippen molar-refractivity contribution in [3.05, 3.63) is 46.9 Å². The van der Waals surface area contributed by atoms with Gasteiger partial charge in [-0.3, -0.25) is 14.9 Å². The number of hydrogen-bond acceptors (Lipinski definition) is 6. The fourth-order valence-corrected chi connectivity index (χ4v) is 5.24. The van der Waals surface area contributed by atoms with Gasteiger partial charge in [-0.1, -0.05) is 12.1 Å². The van der Waals surface area contributed by atoms with Crippen molar-refractivity contribution in [2.75, 3.05) is 39.3 Å². The molecule has 0 unspecified atom stereocenters. The Morgan fingerprint density at radius 2 is 1.92 bits per heavy atom. The predicted molar refractivity (Wildman–Crippen MR) is 138 cm³/mol. The van der Waals surface area contributed by atoms with Crippen LogP contribution in [-0.4, -0.2) is 76.1 Å². The molecule has 4 heterocycles. The highest BCUT2D eigenvalue weighted by Crippen LogP contribution is 2.24.